The van der Waals surface area contributed by atoms with Gasteiger partial charge in [-0.25, -0.2) is 0 Å². The molecule has 1 aromatic rings. The second-order valence-electron chi connectivity index (χ2n) is 7.17. The van der Waals surface area contributed by atoms with Crippen LogP contribution in [0.25, 0.3) is 0 Å². The highest BCUT2D eigenvalue weighted by atomic mass is 15.3. The molecule has 0 aliphatic carbocycles. The molecule has 122 valence electrons. The highest BCUT2D eigenvalue weighted by Crippen LogP contribution is 2.31. The van der Waals surface area contributed by atoms with E-state index in [1.54, 1.807) is 0 Å². The third-order valence-corrected chi connectivity index (χ3v) is 5.66. The number of piperidine rings is 1. The van der Waals surface area contributed by atoms with Crippen molar-refractivity contribution in [2.75, 3.05) is 46.8 Å². The fourth-order valence-electron chi connectivity index (χ4n) is 3.91. The smallest absolute Gasteiger partial charge is 0.0544 e. The number of hydrogen-bond acceptors (Lipinski definition) is 4. The molecular weight excluding hydrogens is 272 g/mol. The summed E-state index contributed by atoms with van der Waals surface area (Å²) in [4.78, 5) is 12.3. The Labute approximate surface area is 135 Å². The molecule has 2 saturated heterocycles. The Hall–Kier alpha value is -0.970. The van der Waals surface area contributed by atoms with Crippen molar-refractivity contribution in [1.29, 1.82) is 0 Å². The molecule has 0 atom stereocenters. The zero-order valence-corrected chi connectivity index (χ0v) is 14.4. The molecule has 2 aliphatic rings. The summed E-state index contributed by atoms with van der Waals surface area (Å²) in [6.45, 7) is 9.19. The van der Waals surface area contributed by atoms with Crippen molar-refractivity contribution >= 4 is 0 Å². The molecular formula is C18H30N4. The molecule has 1 aromatic heterocycles. The third kappa shape index (κ3) is 3.34. The van der Waals surface area contributed by atoms with E-state index in [-0.39, 0.29) is 0 Å². The van der Waals surface area contributed by atoms with Gasteiger partial charge >= 0.3 is 0 Å². The van der Waals surface area contributed by atoms with Crippen LogP contribution in [0.4, 0.5) is 0 Å². The first kappa shape index (κ1) is 15.9. The Morgan fingerprint density at radius 1 is 1.09 bits per heavy atom. The van der Waals surface area contributed by atoms with Gasteiger partial charge in [-0.1, -0.05) is 13.0 Å². The summed E-state index contributed by atoms with van der Waals surface area (Å²) in [6.07, 6.45) is 5.66. The van der Waals surface area contributed by atoms with Crippen molar-refractivity contribution in [2.24, 2.45) is 0 Å². The van der Waals surface area contributed by atoms with Crippen LogP contribution in [0.3, 0.4) is 0 Å². The van der Waals surface area contributed by atoms with Crippen molar-refractivity contribution in [3.05, 3.63) is 29.6 Å². The van der Waals surface area contributed by atoms with Gasteiger partial charge in [0, 0.05) is 51.0 Å². The second-order valence-corrected chi connectivity index (χ2v) is 7.17. The van der Waals surface area contributed by atoms with Crippen LogP contribution >= 0.6 is 0 Å². The van der Waals surface area contributed by atoms with Gasteiger partial charge in [-0.2, -0.15) is 0 Å². The van der Waals surface area contributed by atoms with Crippen LogP contribution in [-0.4, -0.2) is 72.0 Å². The van der Waals surface area contributed by atoms with E-state index in [0.29, 0.717) is 5.54 Å². The van der Waals surface area contributed by atoms with Crippen LogP contribution in [0.1, 0.15) is 31.0 Å². The average molecular weight is 302 g/mol. The van der Waals surface area contributed by atoms with Gasteiger partial charge in [0.2, 0.25) is 0 Å². The molecule has 0 unspecified atom stereocenters. The van der Waals surface area contributed by atoms with Gasteiger partial charge in [0.15, 0.2) is 0 Å². The molecule has 4 heteroatoms. The molecule has 3 rings (SSSR count). The maximum atomic E-state index is 4.61. The van der Waals surface area contributed by atoms with Crippen LogP contribution in [0, 0.1) is 0 Å². The topological polar surface area (TPSA) is 22.6 Å². The van der Waals surface area contributed by atoms with E-state index in [1.165, 1.54) is 56.8 Å². The van der Waals surface area contributed by atoms with E-state index in [9.17, 15) is 0 Å². The van der Waals surface area contributed by atoms with Crippen molar-refractivity contribution < 1.29 is 0 Å². The van der Waals surface area contributed by atoms with Gasteiger partial charge in [-0.15, -0.1) is 0 Å². The van der Waals surface area contributed by atoms with Crippen molar-refractivity contribution in [1.82, 2.24) is 19.7 Å². The first-order chi connectivity index (χ1) is 10.6. The largest absolute Gasteiger partial charge is 0.303 e. The third-order valence-electron chi connectivity index (χ3n) is 5.66. The Morgan fingerprint density at radius 3 is 2.50 bits per heavy atom. The number of piperazine rings is 1. The monoisotopic (exact) mass is 302 g/mol. The van der Waals surface area contributed by atoms with Crippen molar-refractivity contribution in [3.8, 4) is 0 Å². The fraction of sp³-hybridized carbons (Fsp3) is 0.722. The fourth-order valence-corrected chi connectivity index (χ4v) is 3.91. The van der Waals surface area contributed by atoms with Crippen LogP contribution in [0.15, 0.2) is 18.3 Å². The SMILES string of the molecule is CCc1ccc(CN2CCC3(CC2)CN(C)CCN3C)nc1. The molecule has 2 aliphatic heterocycles. The van der Waals surface area contributed by atoms with Crippen molar-refractivity contribution in [3.63, 3.8) is 0 Å². The summed E-state index contributed by atoms with van der Waals surface area (Å²) in [6, 6.07) is 4.42. The van der Waals surface area contributed by atoms with Crippen LogP contribution < -0.4 is 0 Å². The maximum absolute atomic E-state index is 4.61. The lowest BCUT2D eigenvalue weighted by atomic mass is 9.84. The quantitative estimate of drug-likeness (QED) is 0.850. The Morgan fingerprint density at radius 2 is 1.86 bits per heavy atom. The number of hydrogen-bond donors (Lipinski definition) is 0. The summed E-state index contributed by atoms with van der Waals surface area (Å²) in [7, 11) is 4.58. The van der Waals surface area contributed by atoms with E-state index >= 15 is 0 Å². The van der Waals surface area contributed by atoms with Gasteiger partial charge in [0.25, 0.3) is 0 Å². The minimum atomic E-state index is 0.406. The molecule has 0 N–H and O–H groups in total. The van der Waals surface area contributed by atoms with Gasteiger partial charge in [-0.05, 0) is 45.0 Å². The number of pyridine rings is 1. The summed E-state index contributed by atoms with van der Waals surface area (Å²) >= 11 is 0. The van der Waals surface area contributed by atoms with Gasteiger partial charge in [-0.3, -0.25) is 14.8 Å². The van der Waals surface area contributed by atoms with E-state index in [0.717, 1.165) is 13.0 Å². The molecule has 0 aromatic carbocycles. The lowest BCUT2D eigenvalue weighted by Gasteiger charge is -2.52. The lowest BCUT2D eigenvalue weighted by molar-refractivity contribution is -0.0207. The molecule has 3 heterocycles. The first-order valence-corrected chi connectivity index (χ1v) is 8.67. The Kier molecular flexibility index (Phi) is 4.81. The molecule has 22 heavy (non-hydrogen) atoms. The molecule has 1 spiro atoms. The Balaban J connectivity index is 1.56. The maximum Gasteiger partial charge on any atom is 0.0544 e. The number of likely N-dealkylation sites (N-methyl/N-ethyl adjacent to an activating group) is 2. The summed E-state index contributed by atoms with van der Waals surface area (Å²) < 4.78 is 0. The predicted octanol–water partition coefficient (Wildman–Crippen LogP) is 1.86. The number of nitrogens with zero attached hydrogens (tertiary/aromatic N) is 4. The molecule has 0 amide bonds. The van der Waals surface area contributed by atoms with Crippen LogP contribution in [0.2, 0.25) is 0 Å². The van der Waals surface area contributed by atoms with Crippen LogP contribution in [0.5, 0.6) is 0 Å². The van der Waals surface area contributed by atoms with Gasteiger partial charge < -0.3 is 4.90 Å². The van der Waals surface area contributed by atoms with Crippen LogP contribution in [-0.2, 0) is 13.0 Å². The molecule has 2 fully saturated rings. The molecule has 4 nitrogen and oxygen atoms in total. The molecule has 0 bridgehead atoms. The molecule has 0 radical (unpaired) electrons. The zero-order chi connectivity index (χ0) is 15.6. The van der Waals surface area contributed by atoms with Gasteiger partial charge in [0.1, 0.15) is 0 Å². The average Bonchev–Trinajstić information content (AvgIpc) is 2.54. The van der Waals surface area contributed by atoms with Gasteiger partial charge in [0.05, 0.1) is 5.69 Å². The normalized spacial score (nSPS) is 24.0. The second kappa shape index (κ2) is 6.65. The number of aromatic nitrogens is 1. The highest BCUT2D eigenvalue weighted by Gasteiger charge is 2.41. The van der Waals surface area contributed by atoms with Crippen molar-refractivity contribution in [2.45, 2.75) is 38.3 Å². The Bertz CT molecular complexity index is 476. The van der Waals surface area contributed by atoms with E-state index in [4.69, 9.17) is 0 Å². The minimum Gasteiger partial charge on any atom is -0.303 e. The summed E-state index contributed by atoms with van der Waals surface area (Å²) in [5.74, 6) is 0. The number of likely N-dealkylation sites (tertiary alicyclic amines) is 1. The standard InChI is InChI=1S/C18H30N4/c1-4-16-5-6-17(19-13-16)14-22-9-7-18(8-10-22)15-20(2)11-12-21(18)3/h5-6,13H,4,7-12,14-15H2,1-3H3. The zero-order valence-electron chi connectivity index (χ0n) is 14.4. The van der Waals surface area contributed by atoms with E-state index in [1.807, 2.05) is 6.20 Å². The number of rotatable bonds is 3. The highest BCUT2D eigenvalue weighted by molar-refractivity contribution is 5.14. The predicted molar refractivity (Wildman–Crippen MR) is 91.0 cm³/mol. The minimum absolute atomic E-state index is 0.406. The first-order valence-electron chi connectivity index (χ1n) is 8.67. The van der Waals surface area contributed by atoms with E-state index in [2.05, 4.69) is 52.8 Å². The summed E-state index contributed by atoms with van der Waals surface area (Å²) in [5.41, 5.74) is 2.94. The lowest BCUT2D eigenvalue weighted by Crippen LogP contribution is -2.63. The molecule has 0 saturated carbocycles. The summed E-state index contributed by atoms with van der Waals surface area (Å²) in [5, 5.41) is 0. The van der Waals surface area contributed by atoms with E-state index < -0.39 is 0 Å². The number of aryl methyl sites for hydroxylation is 1.